The second kappa shape index (κ2) is 3.96. The van der Waals surface area contributed by atoms with E-state index in [1.807, 2.05) is 0 Å². The molecule has 102 valence electrons. The second-order valence-electron chi connectivity index (χ2n) is 7.61. The lowest BCUT2D eigenvalue weighted by Gasteiger charge is -2.60. The Labute approximate surface area is 109 Å². The predicted molar refractivity (Wildman–Crippen MR) is 69.9 cm³/mol. The van der Waals surface area contributed by atoms with Gasteiger partial charge in [0.05, 0.1) is 11.5 Å². The molecule has 0 saturated heterocycles. The van der Waals surface area contributed by atoms with E-state index in [0.29, 0.717) is 12.0 Å². The summed E-state index contributed by atoms with van der Waals surface area (Å²) in [6.07, 6.45) is 6.80. The molecule has 3 heteroatoms. The van der Waals surface area contributed by atoms with Crippen molar-refractivity contribution in [2.24, 2.45) is 22.7 Å². The van der Waals surface area contributed by atoms with Crippen molar-refractivity contribution in [1.29, 1.82) is 0 Å². The van der Waals surface area contributed by atoms with Gasteiger partial charge in [0.2, 0.25) is 5.91 Å². The number of hydrogen-bond acceptors (Lipinski definition) is 2. The van der Waals surface area contributed by atoms with Crippen molar-refractivity contribution in [2.45, 2.75) is 58.5 Å². The van der Waals surface area contributed by atoms with Crippen LogP contribution < -0.4 is 5.32 Å². The minimum Gasteiger partial charge on any atom is -0.392 e. The number of aliphatic hydroxyl groups excluding tert-OH is 1. The Hall–Kier alpha value is -0.570. The monoisotopic (exact) mass is 251 g/mol. The molecule has 2 N–H and O–H groups in total. The number of nitrogens with one attached hydrogen (secondary N) is 1. The standard InChI is InChI=1S/C15H25NO2/c1-10(17)8-16-13(18)15-6-11-3-12(7-15)5-14(2,4-11)9-15/h10-12,17H,3-9H2,1-2H3,(H,16,18). The molecule has 4 aliphatic carbocycles. The molecular formula is C15H25NO2. The molecule has 0 aromatic carbocycles. The Balaban J connectivity index is 1.76. The van der Waals surface area contributed by atoms with Gasteiger partial charge < -0.3 is 10.4 Å². The van der Waals surface area contributed by atoms with Gasteiger partial charge in [0.15, 0.2) is 0 Å². The first-order valence-corrected chi connectivity index (χ1v) is 7.37. The number of amides is 1. The van der Waals surface area contributed by atoms with E-state index in [2.05, 4.69) is 12.2 Å². The fourth-order valence-corrected chi connectivity index (χ4v) is 5.41. The summed E-state index contributed by atoms with van der Waals surface area (Å²) in [5, 5.41) is 12.3. The van der Waals surface area contributed by atoms with E-state index in [0.717, 1.165) is 31.1 Å². The fraction of sp³-hybridized carbons (Fsp3) is 0.933. The number of carbonyl (C=O) groups is 1. The topological polar surface area (TPSA) is 49.3 Å². The van der Waals surface area contributed by atoms with Crippen LogP contribution in [0.25, 0.3) is 0 Å². The minimum absolute atomic E-state index is 0.103. The van der Waals surface area contributed by atoms with Crippen molar-refractivity contribution in [3.05, 3.63) is 0 Å². The van der Waals surface area contributed by atoms with E-state index in [1.165, 1.54) is 19.3 Å². The normalized spacial score (nSPS) is 47.1. The van der Waals surface area contributed by atoms with Crippen LogP contribution in [0.5, 0.6) is 0 Å². The largest absolute Gasteiger partial charge is 0.392 e. The van der Waals surface area contributed by atoms with Gasteiger partial charge in [-0.15, -0.1) is 0 Å². The number of aliphatic hydroxyl groups is 1. The highest BCUT2D eigenvalue weighted by molar-refractivity contribution is 5.83. The molecular weight excluding hydrogens is 226 g/mol. The third kappa shape index (κ3) is 1.97. The van der Waals surface area contributed by atoms with Gasteiger partial charge in [-0.1, -0.05) is 6.92 Å². The molecule has 3 nitrogen and oxygen atoms in total. The van der Waals surface area contributed by atoms with Crippen LogP contribution >= 0.6 is 0 Å². The maximum Gasteiger partial charge on any atom is 0.226 e. The Morgan fingerprint density at radius 2 is 1.94 bits per heavy atom. The summed E-state index contributed by atoms with van der Waals surface area (Å²) in [6.45, 7) is 4.50. The molecule has 3 unspecified atom stereocenters. The van der Waals surface area contributed by atoms with Gasteiger partial charge in [-0.05, 0) is 62.7 Å². The van der Waals surface area contributed by atoms with E-state index in [9.17, 15) is 9.90 Å². The lowest BCUT2D eigenvalue weighted by Crippen LogP contribution is -2.57. The molecule has 4 aliphatic rings. The number of hydrogen-bond donors (Lipinski definition) is 2. The van der Waals surface area contributed by atoms with E-state index in [4.69, 9.17) is 0 Å². The third-order valence-electron chi connectivity index (χ3n) is 5.39. The van der Waals surface area contributed by atoms with Crippen molar-refractivity contribution in [2.75, 3.05) is 6.54 Å². The molecule has 4 fully saturated rings. The summed E-state index contributed by atoms with van der Waals surface area (Å²) in [6, 6.07) is 0. The third-order valence-corrected chi connectivity index (χ3v) is 5.39. The first-order chi connectivity index (χ1) is 8.41. The van der Waals surface area contributed by atoms with Gasteiger partial charge in [0.25, 0.3) is 0 Å². The molecule has 0 aromatic heterocycles. The lowest BCUT2D eigenvalue weighted by atomic mass is 9.44. The Kier molecular flexibility index (Phi) is 2.74. The highest BCUT2D eigenvalue weighted by atomic mass is 16.3. The van der Waals surface area contributed by atoms with E-state index in [-0.39, 0.29) is 11.3 Å². The molecule has 4 saturated carbocycles. The smallest absolute Gasteiger partial charge is 0.226 e. The Bertz CT molecular complexity index is 350. The lowest BCUT2D eigenvalue weighted by molar-refractivity contribution is -0.155. The van der Waals surface area contributed by atoms with Crippen molar-refractivity contribution in [1.82, 2.24) is 5.32 Å². The number of rotatable bonds is 3. The van der Waals surface area contributed by atoms with Crippen molar-refractivity contribution >= 4 is 5.91 Å². The van der Waals surface area contributed by atoms with Crippen LogP contribution in [-0.2, 0) is 4.79 Å². The van der Waals surface area contributed by atoms with Gasteiger partial charge >= 0.3 is 0 Å². The highest BCUT2D eigenvalue weighted by Crippen LogP contribution is 2.65. The molecule has 0 heterocycles. The van der Waals surface area contributed by atoms with Crippen LogP contribution in [0.15, 0.2) is 0 Å². The zero-order valence-corrected chi connectivity index (χ0v) is 11.5. The highest BCUT2D eigenvalue weighted by Gasteiger charge is 2.58. The maximum atomic E-state index is 12.5. The average molecular weight is 251 g/mol. The summed E-state index contributed by atoms with van der Waals surface area (Å²) in [4.78, 5) is 12.5. The van der Waals surface area contributed by atoms with Crippen molar-refractivity contribution in [3.63, 3.8) is 0 Å². The van der Waals surface area contributed by atoms with Gasteiger partial charge in [-0.2, -0.15) is 0 Å². The van der Waals surface area contributed by atoms with E-state index in [1.54, 1.807) is 6.92 Å². The Morgan fingerprint density at radius 3 is 2.44 bits per heavy atom. The van der Waals surface area contributed by atoms with Crippen LogP contribution in [0.2, 0.25) is 0 Å². The zero-order valence-electron chi connectivity index (χ0n) is 11.5. The molecule has 0 spiro atoms. The van der Waals surface area contributed by atoms with Gasteiger partial charge in [-0.3, -0.25) is 4.79 Å². The first kappa shape index (κ1) is 12.5. The van der Waals surface area contributed by atoms with E-state index < -0.39 is 6.10 Å². The molecule has 1 amide bonds. The van der Waals surface area contributed by atoms with Crippen LogP contribution in [-0.4, -0.2) is 23.7 Å². The summed E-state index contributed by atoms with van der Waals surface area (Å²) in [5.74, 6) is 1.76. The first-order valence-electron chi connectivity index (χ1n) is 7.37. The average Bonchev–Trinajstić information content (AvgIpc) is 2.22. The molecule has 0 aromatic rings. The van der Waals surface area contributed by atoms with E-state index >= 15 is 0 Å². The quantitative estimate of drug-likeness (QED) is 0.807. The fourth-order valence-electron chi connectivity index (χ4n) is 5.41. The van der Waals surface area contributed by atoms with Gasteiger partial charge in [0.1, 0.15) is 0 Å². The van der Waals surface area contributed by atoms with Crippen LogP contribution in [0, 0.1) is 22.7 Å². The van der Waals surface area contributed by atoms with Crippen molar-refractivity contribution < 1.29 is 9.90 Å². The summed E-state index contributed by atoms with van der Waals surface area (Å²) < 4.78 is 0. The van der Waals surface area contributed by atoms with Gasteiger partial charge in [-0.25, -0.2) is 0 Å². The Morgan fingerprint density at radius 1 is 1.33 bits per heavy atom. The summed E-state index contributed by atoms with van der Waals surface area (Å²) >= 11 is 0. The maximum absolute atomic E-state index is 12.5. The summed E-state index contributed by atoms with van der Waals surface area (Å²) in [5.41, 5.74) is 0.306. The van der Waals surface area contributed by atoms with Crippen LogP contribution in [0.3, 0.4) is 0 Å². The molecule has 4 bridgehead atoms. The molecule has 0 aliphatic heterocycles. The van der Waals surface area contributed by atoms with Crippen LogP contribution in [0.4, 0.5) is 0 Å². The predicted octanol–water partition coefficient (Wildman–Crippen LogP) is 2.09. The molecule has 18 heavy (non-hydrogen) atoms. The van der Waals surface area contributed by atoms with Crippen molar-refractivity contribution in [3.8, 4) is 0 Å². The van der Waals surface area contributed by atoms with Crippen LogP contribution in [0.1, 0.15) is 52.4 Å². The summed E-state index contributed by atoms with van der Waals surface area (Å²) in [7, 11) is 0. The SMILES string of the molecule is CC(O)CNC(=O)C12CC3CC(CC(C)(C3)C1)C2. The minimum atomic E-state index is -0.446. The van der Waals surface area contributed by atoms with Gasteiger partial charge in [0, 0.05) is 6.54 Å². The molecule has 0 radical (unpaired) electrons. The molecule has 4 rings (SSSR count). The zero-order chi connectivity index (χ0) is 13.0. The number of carbonyl (C=O) groups excluding carboxylic acids is 1. The molecule has 3 atom stereocenters. The second-order valence-corrected chi connectivity index (χ2v) is 7.61.